The number of phenols is 2. The van der Waals surface area contributed by atoms with Crippen LogP contribution in [0.15, 0.2) is 36.4 Å². The molecule has 0 aliphatic carbocycles. The van der Waals surface area contributed by atoms with E-state index in [9.17, 15) is 15.0 Å². The molecule has 2 aromatic carbocycles. The zero-order chi connectivity index (χ0) is 19.1. The van der Waals surface area contributed by atoms with Crippen LogP contribution in [0.3, 0.4) is 0 Å². The van der Waals surface area contributed by atoms with Crippen molar-refractivity contribution in [2.45, 2.75) is 25.9 Å². The van der Waals surface area contributed by atoms with Crippen LogP contribution in [0.1, 0.15) is 18.1 Å². The van der Waals surface area contributed by atoms with E-state index in [-0.39, 0.29) is 24.0 Å². The second kappa shape index (κ2) is 8.96. The van der Waals surface area contributed by atoms with Gasteiger partial charge >= 0.3 is 5.97 Å². The van der Waals surface area contributed by atoms with E-state index in [4.69, 9.17) is 19.2 Å². The van der Waals surface area contributed by atoms with Gasteiger partial charge < -0.3 is 19.7 Å². The van der Waals surface area contributed by atoms with Crippen molar-refractivity contribution in [3.8, 4) is 23.0 Å². The molecule has 2 aromatic rings. The molecule has 0 saturated carbocycles. The van der Waals surface area contributed by atoms with Gasteiger partial charge in [0.1, 0.15) is 6.10 Å². The molecule has 26 heavy (non-hydrogen) atoms. The number of hydrogen-bond acceptors (Lipinski definition) is 7. The lowest BCUT2D eigenvalue weighted by molar-refractivity contribution is -0.293. The second-order valence-corrected chi connectivity index (χ2v) is 5.76. The Labute approximate surface area is 151 Å². The van der Waals surface area contributed by atoms with E-state index in [1.165, 1.54) is 18.2 Å². The molecule has 7 nitrogen and oxygen atoms in total. The topological polar surface area (TPSA) is 94.5 Å². The van der Waals surface area contributed by atoms with Gasteiger partial charge in [0.15, 0.2) is 23.0 Å². The van der Waals surface area contributed by atoms with E-state index in [1.807, 2.05) is 12.1 Å². The third-order valence-electron chi connectivity index (χ3n) is 3.66. The molecule has 0 saturated heterocycles. The van der Waals surface area contributed by atoms with Crippen molar-refractivity contribution in [3.63, 3.8) is 0 Å². The Morgan fingerprint density at radius 2 is 1.65 bits per heavy atom. The van der Waals surface area contributed by atoms with Crippen LogP contribution in [-0.4, -0.2) is 36.5 Å². The van der Waals surface area contributed by atoms with E-state index >= 15 is 0 Å². The van der Waals surface area contributed by atoms with Crippen LogP contribution in [0.5, 0.6) is 23.0 Å². The first-order valence-corrected chi connectivity index (χ1v) is 8.00. The highest BCUT2D eigenvalue weighted by Crippen LogP contribution is 2.28. The zero-order valence-electron chi connectivity index (χ0n) is 14.9. The second-order valence-electron chi connectivity index (χ2n) is 5.76. The molecule has 0 aliphatic heterocycles. The number of aromatic hydroxyl groups is 2. The molecule has 0 radical (unpaired) electrons. The van der Waals surface area contributed by atoms with Gasteiger partial charge in [0.25, 0.3) is 0 Å². The molecule has 0 heterocycles. The standard InChI is InChI=1S/C19H22O7/c1-12(8-13-5-7-17(23-2)18(10-13)24-3)25-26-19(22)11-14-4-6-15(20)16(21)9-14/h4-7,9-10,12,20-21H,8,11H2,1-3H3/t12-/m1/s1. The van der Waals surface area contributed by atoms with Gasteiger partial charge in [-0.3, -0.25) is 4.89 Å². The van der Waals surface area contributed by atoms with E-state index in [0.717, 1.165) is 5.56 Å². The van der Waals surface area contributed by atoms with Crippen molar-refractivity contribution in [3.05, 3.63) is 47.5 Å². The fraction of sp³-hybridized carbons (Fsp3) is 0.316. The summed E-state index contributed by atoms with van der Waals surface area (Å²) in [6.45, 7) is 1.77. The molecule has 2 N–H and O–H groups in total. The van der Waals surface area contributed by atoms with Crippen LogP contribution in [0, 0.1) is 0 Å². The summed E-state index contributed by atoms with van der Waals surface area (Å²) in [5.74, 6) is 0.101. The maximum absolute atomic E-state index is 11.8. The Morgan fingerprint density at radius 1 is 0.962 bits per heavy atom. The number of benzene rings is 2. The van der Waals surface area contributed by atoms with Crippen molar-refractivity contribution >= 4 is 5.97 Å². The normalized spacial score (nSPS) is 11.7. The van der Waals surface area contributed by atoms with Crippen LogP contribution >= 0.6 is 0 Å². The first-order chi connectivity index (χ1) is 12.4. The Bertz CT molecular complexity index is 758. The molecule has 0 unspecified atom stereocenters. The van der Waals surface area contributed by atoms with Crippen LogP contribution in [-0.2, 0) is 27.4 Å². The highest BCUT2D eigenvalue weighted by Gasteiger charge is 2.13. The Hall–Kier alpha value is -2.93. The number of ether oxygens (including phenoxy) is 2. The van der Waals surface area contributed by atoms with Gasteiger partial charge in [-0.05, 0) is 42.3 Å². The number of carbonyl (C=O) groups is 1. The molecule has 0 amide bonds. The van der Waals surface area contributed by atoms with Gasteiger partial charge in [0, 0.05) is 6.42 Å². The predicted octanol–water partition coefficient (Wildman–Crippen LogP) is 2.76. The lowest BCUT2D eigenvalue weighted by Gasteiger charge is -2.13. The molecule has 0 bridgehead atoms. The number of hydrogen-bond donors (Lipinski definition) is 2. The monoisotopic (exact) mass is 362 g/mol. The third kappa shape index (κ3) is 5.29. The number of carbonyl (C=O) groups excluding carboxylic acids is 1. The lowest BCUT2D eigenvalue weighted by atomic mass is 10.1. The maximum atomic E-state index is 11.8. The van der Waals surface area contributed by atoms with Crippen molar-refractivity contribution in [2.75, 3.05) is 14.2 Å². The largest absolute Gasteiger partial charge is 0.504 e. The zero-order valence-corrected chi connectivity index (χ0v) is 14.9. The Morgan fingerprint density at radius 3 is 2.31 bits per heavy atom. The first-order valence-electron chi connectivity index (χ1n) is 8.00. The van der Waals surface area contributed by atoms with Gasteiger partial charge in [0.05, 0.1) is 20.6 Å². The van der Waals surface area contributed by atoms with Gasteiger partial charge in [-0.2, -0.15) is 4.89 Å². The third-order valence-corrected chi connectivity index (χ3v) is 3.66. The number of methoxy groups -OCH3 is 2. The minimum absolute atomic E-state index is 0.0864. The van der Waals surface area contributed by atoms with E-state index in [2.05, 4.69) is 0 Å². The van der Waals surface area contributed by atoms with Gasteiger partial charge in [-0.25, -0.2) is 4.79 Å². The highest BCUT2D eigenvalue weighted by molar-refractivity contribution is 5.72. The Balaban J connectivity index is 1.85. The predicted molar refractivity (Wildman–Crippen MR) is 93.4 cm³/mol. The summed E-state index contributed by atoms with van der Waals surface area (Å²) < 4.78 is 10.4. The summed E-state index contributed by atoms with van der Waals surface area (Å²) in [7, 11) is 3.13. The summed E-state index contributed by atoms with van der Waals surface area (Å²) in [6, 6.07) is 9.62. The summed E-state index contributed by atoms with van der Waals surface area (Å²) in [4.78, 5) is 21.8. The van der Waals surface area contributed by atoms with Crippen molar-refractivity contribution < 1.29 is 34.3 Å². The summed E-state index contributed by atoms with van der Waals surface area (Å²) >= 11 is 0. The number of rotatable bonds is 8. The van der Waals surface area contributed by atoms with Gasteiger partial charge in [-0.15, -0.1) is 0 Å². The quantitative estimate of drug-likeness (QED) is 0.424. The minimum atomic E-state index is -0.603. The van der Waals surface area contributed by atoms with E-state index < -0.39 is 5.97 Å². The molecular formula is C19H22O7. The van der Waals surface area contributed by atoms with Crippen LogP contribution in [0.25, 0.3) is 0 Å². The van der Waals surface area contributed by atoms with Crippen LogP contribution in [0.4, 0.5) is 0 Å². The number of phenolic OH excluding ortho intramolecular Hbond substituents is 2. The van der Waals surface area contributed by atoms with E-state index in [0.29, 0.717) is 23.5 Å². The maximum Gasteiger partial charge on any atom is 0.346 e. The molecule has 2 rings (SSSR count). The van der Waals surface area contributed by atoms with Gasteiger partial charge in [0.2, 0.25) is 0 Å². The highest BCUT2D eigenvalue weighted by atomic mass is 17.2. The molecule has 0 aromatic heterocycles. The summed E-state index contributed by atoms with van der Waals surface area (Å²) in [5.41, 5.74) is 1.44. The molecule has 0 fully saturated rings. The fourth-order valence-electron chi connectivity index (χ4n) is 2.38. The average Bonchev–Trinajstić information content (AvgIpc) is 2.63. The molecule has 7 heteroatoms. The molecular weight excluding hydrogens is 340 g/mol. The lowest BCUT2D eigenvalue weighted by Crippen LogP contribution is -2.17. The van der Waals surface area contributed by atoms with Crippen LogP contribution in [0.2, 0.25) is 0 Å². The van der Waals surface area contributed by atoms with Crippen molar-refractivity contribution in [1.29, 1.82) is 0 Å². The van der Waals surface area contributed by atoms with Gasteiger partial charge in [-0.1, -0.05) is 12.1 Å². The van der Waals surface area contributed by atoms with E-state index in [1.54, 1.807) is 27.2 Å². The van der Waals surface area contributed by atoms with Crippen LogP contribution < -0.4 is 9.47 Å². The SMILES string of the molecule is COc1ccc(C[C@@H](C)OOC(=O)Cc2ccc(O)c(O)c2)cc1OC. The fourth-order valence-corrected chi connectivity index (χ4v) is 2.38. The summed E-state index contributed by atoms with van der Waals surface area (Å²) in [5, 5.41) is 18.7. The summed E-state index contributed by atoms with van der Waals surface area (Å²) in [6.07, 6.45) is 0.0511. The molecule has 1 atom stereocenters. The van der Waals surface area contributed by atoms with Crippen molar-refractivity contribution in [2.24, 2.45) is 0 Å². The smallest absolute Gasteiger partial charge is 0.346 e. The first kappa shape index (κ1) is 19.4. The Kier molecular flexibility index (Phi) is 6.68. The molecule has 140 valence electrons. The average molecular weight is 362 g/mol. The molecule has 0 spiro atoms. The van der Waals surface area contributed by atoms with Crippen molar-refractivity contribution in [1.82, 2.24) is 0 Å². The molecule has 0 aliphatic rings. The minimum Gasteiger partial charge on any atom is -0.504 e.